The van der Waals surface area contributed by atoms with Crippen LogP contribution in [-0.2, 0) is 14.3 Å². The highest BCUT2D eigenvalue weighted by atomic mass is 16.5. The van der Waals surface area contributed by atoms with E-state index in [2.05, 4.69) is 5.32 Å². The van der Waals surface area contributed by atoms with Crippen molar-refractivity contribution in [2.24, 2.45) is 11.1 Å². The van der Waals surface area contributed by atoms with Crippen LogP contribution < -0.4 is 11.1 Å². The number of amides is 1. The van der Waals surface area contributed by atoms with Gasteiger partial charge in [0.2, 0.25) is 5.91 Å². The molecule has 0 aliphatic heterocycles. The Morgan fingerprint density at radius 1 is 1.32 bits per heavy atom. The van der Waals surface area contributed by atoms with Crippen LogP contribution in [0.15, 0.2) is 0 Å². The highest BCUT2D eigenvalue weighted by Gasteiger charge is 2.35. The standard InChI is InChI=1S/C14H26N2O3/c1-3-19-12(17)9-14(7-5-4-6-8-14)10-16-13(18)11(2)15/h11H,3-10,15H2,1-2H3,(H,16,18). The van der Waals surface area contributed by atoms with E-state index in [4.69, 9.17) is 10.5 Å². The molecule has 0 aromatic rings. The smallest absolute Gasteiger partial charge is 0.306 e. The second-order valence-electron chi connectivity index (χ2n) is 5.55. The number of hydrogen-bond acceptors (Lipinski definition) is 4. The van der Waals surface area contributed by atoms with Crippen molar-refractivity contribution >= 4 is 11.9 Å². The average Bonchev–Trinajstić information content (AvgIpc) is 2.37. The minimum absolute atomic E-state index is 0.144. The van der Waals surface area contributed by atoms with E-state index in [1.165, 1.54) is 6.42 Å². The normalized spacial score (nSPS) is 19.5. The summed E-state index contributed by atoms with van der Waals surface area (Å²) in [5.41, 5.74) is 5.40. The first kappa shape index (κ1) is 16.0. The van der Waals surface area contributed by atoms with Gasteiger partial charge in [-0.2, -0.15) is 0 Å². The zero-order valence-corrected chi connectivity index (χ0v) is 12.0. The van der Waals surface area contributed by atoms with E-state index < -0.39 is 6.04 Å². The molecule has 5 heteroatoms. The molecule has 1 aliphatic rings. The molecular formula is C14H26N2O3. The molecule has 0 aromatic carbocycles. The molecule has 0 saturated heterocycles. The Labute approximate surface area is 115 Å². The van der Waals surface area contributed by atoms with Crippen LogP contribution in [0.1, 0.15) is 52.4 Å². The number of esters is 1. The lowest BCUT2D eigenvalue weighted by Gasteiger charge is -2.36. The summed E-state index contributed by atoms with van der Waals surface area (Å²) in [5.74, 6) is -0.326. The summed E-state index contributed by atoms with van der Waals surface area (Å²) in [6, 6.07) is -0.511. The average molecular weight is 270 g/mol. The van der Waals surface area contributed by atoms with Crippen LogP contribution in [0.4, 0.5) is 0 Å². The predicted molar refractivity (Wildman–Crippen MR) is 73.4 cm³/mol. The number of nitrogens with two attached hydrogens (primary N) is 1. The highest BCUT2D eigenvalue weighted by molar-refractivity contribution is 5.81. The van der Waals surface area contributed by atoms with Gasteiger partial charge in [0.15, 0.2) is 0 Å². The summed E-state index contributed by atoms with van der Waals surface area (Å²) >= 11 is 0. The summed E-state index contributed by atoms with van der Waals surface area (Å²) in [5, 5.41) is 2.87. The minimum Gasteiger partial charge on any atom is -0.466 e. The number of rotatable bonds is 6. The van der Waals surface area contributed by atoms with Gasteiger partial charge >= 0.3 is 5.97 Å². The molecule has 0 heterocycles. The first-order chi connectivity index (χ1) is 8.99. The minimum atomic E-state index is -0.511. The molecule has 0 spiro atoms. The molecule has 1 rings (SSSR count). The third kappa shape index (κ3) is 5.19. The summed E-state index contributed by atoms with van der Waals surface area (Å²) in [7, 11) is 0. The van der Waals surface area contributed by atoms with E-state index >= 15 is 0 Å². The molecule has 0 radical (unpaired) electrons. The number of carbonyl (C=O) groups excluding carboxylic acids is 2. The Bertz CT molecular complexity index is 310. The van der Waals surface area contributed by atoms with Gasteiger partial charge in [0.05, 0.1) is 19.1 Å². The SMILES string of the molecule is CCOC(=O)CC1(CNC(=O)C(C)N)CCCCC1. The Morgan fingerprint density at radius 2 is 1.95 bits per heavy atom. The molecule has 1 aliphatic carbocycles. The van der Waals surface area contributed by atoms with Gasteiger partial charge in [0.25, 0.3) is 0 Å². The van der Waals surface area contributed by atoms with Crippen molar-refractivity contribution in [1.82, 2.24) is 5.32 Å². The van der Waals surface area contributed by atoms with Crippen molar-refractivity contribution in [1.29, 1.82) is 0 Å². The van der Waals surface area contributed by atoms with Gasteiger partial charge < -0.3 is 15.8 Å². The Balaban J connectivity index is 2.59. The third-order valence-corrected chi connectivity index (χ3v) is 3.79. The van der Waals surface area contributed by atoms with Crippen LogP contribution in [0.5, 0.6) is 0 Å². The Hall–Kier alpha value is -1.10. The fourth-order valence-electron chi connectivity index (χ4n) is 2.67. The van der Waals surface area contributed by atoms with Crippen LogP contribution in [0.3, 0.4) is 0 Å². The second kappa shape index (κ2) is 7.48. The zero-order chi connectivity index (χ0) is 14.3. The van der Waals surface area contributed by atoms with Crippen molar-refractivity contribution in [3.8, 4) is 0 Å². The molecule has 3 N–H and O–H groups in total. The number of nitrogens with one attached hydrogen (secondary N) is 1. The molecule has 1 unspecified atom stereocenters. The fourth-order valence-corrected chi connectivity index (χ4v) is 2.67. The maximum Gasteiger partial charge on any atom is 0.306 e. The molecule has 5 nitrogen and oxygen atoms in total. The Kier molecular flexibility index (Phi) is 6.28. The second-order valence-corrected chi connectivity index (χ2v) is 5.55. The zero-order valence-electron chi connectivity index (χ0n) is 12.0. The molecule has 0 bridgehead atoms. The number of carbonyl (C=O) groups is 2. The summed E-state index contributed by atoms with van der Waals surface area (Å²) < 4.78 is 5.05. The fraction of sp³-hybridized carbons (Fsp3) is 0.857. The van der Waals surface area contributed by atoms with E-state index in [1.54, 1.807) is 6.92 Å². The van der Waals surface area contributed by atoms with Crippen molar-refractivity contribution < 1.29 is 14.3 Å². The molecule has 1 atom stereocenters. The van der Waals surface area contributed by atoms with Crippen LogP contribution >= 0.6 is 0 Å². The number of hydrogen-bond donors (Lipinski definition) is 2. The Morgan fingerprint density at radius 3 is 2.47 bits per heavy atom. The molecule has 1 saturated carbocycles. The van der Waals surface area contributed by atoms with Gasteiger partial charge in [0.1, 0.15) is 0 Å². The van der Waals surface area contributed by atoms with Gasteiger partial charge in [0, 0.05) is 6.54 Å². The molecule has 110 valence electrons. The van der Waals surface area contributed by atoms with Crippen LogP contribution in [0.2, 0.25) is 0 Å². The topological polar surface area (TPSA) is 81.4 Å². The van der Waals surface area contributed by atoms with E-state index in [-0.39, 0.29) is 17.3 Å². The molecular weight excluding hydrogens is 244 g/mol. The van der Waals surface area contributed by atoms with Crippen LogP contribution in [0, 0.1) is 5.41 Å². The van der Waals surface area contributed by atoms with Crippen LogP contribution in [-0.4, -0.2) is 31.1 Å². The van der Waals surface area contributed by atoms with E-state index in [1.807, 2.05) is 6.92 Å². The predicted octanol–water partition coefficient (Wildman–Crippen LogP) is 1.35. The van der Waals surface area contributed by atoms with Crippen molar-refractivity contribution in [2.75, 3.05) is 13.2 Å². The molecule has 1 amide bonds. The van der Waals surface area contributed by atoms with E-state index in [0.29, 0.717) is 19.6 Å². The lowest BCUT2D eigenvalue weighted by Crippen LogP contribution is -2.45. The van der Waals surface area contributed by atoms with Gasteiger partial charge in [-0.15, -0.1) is 0 Å². The molecule has 19 heavy (non-hydrogen) atoms. The largest absolute Gasteiger partial charge is 0.466 e. The van der Waals surface area contributed by atoms with Crippen molar-refractivity contribution in [2.45, 2.75) is 58.4 Å². The van der Waals surface area contributed by atoms with Gasteiger partial charge in [-0.1, -0.05) is 19.3 Å². The van der Waals surface area contributed by atoms with Crippen molar-refractivity contribution in [3.05, 3.63) is 0 Å². The first-order valence-corrected chi connectivity index (χ1v) is 7.18. The van der Waals surface area contributed by atoms with Gasteiger partial charge in [-0.25, -0.2) is 0 Å². The van der Waals surface area contributed by atoms with E-state index in [9.17, 15) is 9.59 Å². The lowest BCUT2D eigenvalue weighted by molar-refractivity contribution is -0.146. The quantitative estimate of drug-likeness (QED) is 0.714. The molecule has 0 aromatic heterocycles. The van der Waals surface area contributed by atoms with Crippen LogP contribution in [0.25, 0.3) is 0 Å². The monoisotopic (exact) mass is 270 g/mol. The first-order valence-electron chi connectivity index (χ1n) is 7.18. The van der Waals surface area contributed by atoms with Gasteiger partial charge in [-0.05, 0) is 32.1 Å². The van der Waals surface area contributed by atoms with Crippen molar-refractivity contribution in [3.63, 3.8) is 0 Å². The third-order valence-electron chi connectivity index (χ3n) is 3.79. The number of ether oxygens (including phenoxy) is 1. The maximum atomic E-state index is 11.7. The maximum absolute atomic E-state index is 11.7. The van der Waals surface area contributed by atoms with Gasteiger partial charge in [-0.3, -0.25) is 9.59 Å². The summed E-state index contributed by atoms with van der Waals surface area (Å²) in [6.45, 7) is 4.39. The highest BCUT2D eigenvalue weighted by Crippen LogP contribution is 2.39. The lowest BCUT2D eigenvalue weighted by atomic mass is 9.71. The summed E-state index contributed by atoms with van der Waals surface area (Å²) in [4.78, 5) is 23.3. The summed E-state index contributed by atoms with van der Waals surface area (Å²) in [6.07, 6.45) is 5.73. The van der Waals surface area contributed by atoms with E-state index in [0.717, 1.165) is 25.7 Å². The molecule has 1 fully saturated rings.